The van der Waals surface area contributed by atoms with Crippen molar-refractivity contribution < 1.29 is 19.1 Å². The molecule has 0 aromatic heterocycles. The molecule has 0 bridgehead atoms. The van der Waals surface area contributed by atoms with Gasteiger partial charge in [-0.3, -0.25) is 14.4 Å². The minimum atomic E-state index is -0.717. The van der Waals surface area contributed by atoms with E-state index in [-0.39, 0.29) is 37.4 Å². The van der Waals surface area contributed by atoms with Crippen LogP contribution in [0.15, 0.2) is 42.5 Å². The molecule has 1 aliphatic heterocycles. The quantitative estimate of drug-likeness (QED) is 0.668. The standard InChI is InChI=1S/C22H26N4O4/c1-14-7-6-8-16(15(14)2)25-20(27)11-24-21(28)13-26-12-19(22(29)23-3)30-18-10-5-4-9-17(18)26/h4-10,19H,11-13H2,1-3H3,(H,23,29)(H,24,28)(H,25,27)/t19-/m1/s1. The number of benzene rings is 2. The van der Waals surface area contributed by atoms with Gasteiger partial charge >= 0.3 is 0 Å². The van der Waals surface area contributed by atoms with Crippen molar-refractivity contribution in [2.24, 2.45) is 0 Å². The van der Waals surface area contributed by atoms with Crippen LogP contribution in [0, 0.1) is 13.8 Å². The smallest absolute Gasteiger partial charge is 0.262 e. The molecule has 0 unspecified atom stereocenters. The zero-order valence-electron chi connectivity index (χ0n) is 17.3. The second kappa shape index (κ2) is 9.30. The van der Waals surface area contributed by atoms with Crippen molar-refractivity contribution >= 4 is 29.1 Å². The lowest BCUT2D eigenvalue weighted by atomic mass is 10.1. The summed E-state index contributed by atoms with van der Waals surface area (Å²) in [5.41, 5.74) is 3.52. The number of rotatable bonds is 6. The maximum absolute atomic E-state index is 12.5. The molecular weight excluding hydrogens is 384 g/mol. The predicted molar refractivity (Wildman–Crippen MR) is 115 cm³/mol. The van der Waals surface area contributed by atoms with Gasteiger partial charge in [-0.25, -0.2) is 0 Å². The molecule has 0 saturated carbocycles. The van der Waals surface area contributed by atoms with Gasteiger partial charge in [0, 0.05) is 12.7 Å². The summed E-state index contributed by atoms with van der Waals surface area (Å²) >= 11 is 0. The number of fused-ring (bicyclic) bond motifs is 1. The van der Waals surface area contributed by atoms with Crippen LogP contribution < -0.4 is 25.6 Å². The van der Waals surface area contributed by atoms with Crippen LogP contribution in [0.1, 0.15) is 11.1 Å². The SMILES string of the molecule is CNC(=O)[C@H]1CN(CC(=O)NCC(=O)Nc2cccc(C)c2C)c2ccccc2O1. The molecule has 2 aromatic carbocycles. The third-order valence-corrected chi connectivity index (χ3v) is 5.06. The second-order valence-electron chi connectivity index (χ2n) is 7.14. The first-order chi connectivity index (χ1) is 14.4. The molecule has 0 saturated heterocycles. The summed E-state index contributed by atoms with van der Waals surface area (Å²) in [6, 6.07) is 12.9. The van der Waals surface area contributed by atoms with Crippen LogP contribution >= 0.6 is 0 Å². The number of carbonyl (C=O) groups excluding carboxylic acids is 3. The molecular formula is C22H26N4O4. The molecule has 8 nitrogen and oxygen atoms in total. The summed E-state index contributed by atoms with van der Waals surface area (Å²) in [5, 5.41) is 8.02. The molecule has 8 heteroatoms. The highest BCUT2D eigenvalue weighted by Gasteiger charge is 2.31. The fourth-order valence-electron chi connectivity index (χ4n) is 3.24. The van der Waals surface area contributed by atoms with Gasteiger partial charge in [-0.2, -0.15) is 0 Å². The summed E-state index contributed by atoms with van der Waals surface area (Å²) in [6.45, 7) is 4.00. The molecule has 30 heavy (non-hydrogen) atoms. The number of hydrogen-bond donors (Lipinski definition) is 3. The summed E-state index contributed by atoms with van der Waals surface area (Å²) in [7, 11) is 1.54. The molecule has 3 amide bonds. The fourth-order valence-corrected chi connectivity index (χ4v) is 3.24. The highest BCUT2D eigenvalue weighted by atomic mass is 16.5. The highest BCUT2D eigenvalue weighted by Crippen LogP contribution is 2.32. The van der Waals surface area contributed by atoms with Gasteiger partial charge in [-0.1, -0.05) is 24.3 Å². The van der Waals surface area contributed by atoms with Crippen LogP contribution in [0.25, 0.3) is 0 Å². The monoisotopic (exact) mass is 410 g/mol. The Kier molecular flexibility index (Phi) is 6.56. The van der Waals surface area contributed by atoms with Crippen LogP contribution in [-0.4, -0.2) is 50.5 Å². The number of aryl methyl sites for hydroxylation is 1. The van der Waals surface area contributed by atoms with Crippen molar-refractivity contribution in [3.8, 4) is 5.75 Å². The Hall–Kier alpha value is -3.55. The minimum Gasteiger partial charge on any atom is -0.477 e. The first-order valence-electron chi connectivity index (χ1n) is 9.74. The zero-order valence-corrected chi connectivity index (χ0v) is 17.3. The number of likely N-dealkylation sites (N-methyl/N-ethyl adjacent to an activating group) is 1. The van der Waals surface area contributed by atoms with E-state index in [0.29, 0.717) is 5.75 Å². The Labute approximate surface area is 175 Å². The lowest BCUT2D eigenvalue weighted by molar-refractivity contribution is -0.127. The van der Waals surface area contributed by atoms with Gasteiger partial charge in [-0.15, -0.1) is 0 Å². The molecule has 2 aromatic rings. The van der Waals surface area contributed by atoms with E-state index >= 15 is 0 Å². The molecule has 0 aliphatic carbocycles. The first kappa shape index (κ1) is 21.2. The lowest BCUT2D eigenvalue weighted by Crippen LogP contribution is -2.51. The van der Waals surface area contributed by atoms with E-state index in [4.69, 9.17) is 4.74 Å². The molecule has 0 fully saturated rings. The number of anilines is 2. The molecule has 3 N–H and O–H groups in total. The van der Waals surface area contributed by atoms with Crippen molar-refractivity contribution in [3.63, 3.8) is 0 Å². The van der Waals surface area contributed by atoms with Crippen molar-refractivity contribution in [3.05, 3.63) is 53.6 Å². The normalized spacial score (nSPS) is 14.9. The van der Waals surface area contributed by atoms with E-state index in [1.165, 1.54) is 7.05 Å². The van der Waals surface area contributed by atoms with Crippen molar-refractivity contribution in [2.75, 3.05) is 36.9 Å². The topological polar surface area (TPSA) is 99.8 Å². The van der Waals surface area contributed by atoms with Crippen molar-refractivity contribution in [1.29, 1.82) is 0 Å². The molecule has 158 valence electrons. The number of carbonyl (C=O) groups is 3. The van der Waals surface area contributed by atoms with Crippen LogP contribution in [-0.2, 0) is 14.4 Å². The fraction of sp³-hybridized carbons (Fsp3) is 0.318. The Morgan fingerprint density at radius 3 is 2.60 bits per heavy atom. The molecule has 1 aliphatic rings. The van der Waals surface area contributed by atoms with Crippen molar-refractivity contribution in [2.45, 2.75) is 20.0 Å². The molecule has 1 heterocycles. The average Bonchev–Trinajstić information content (AvgIpc) is 2.75. The molecule has 3 rings (SSSR count). The number of ether oxygens (including phenoxy) is 1. The van der Waals surface area contributed by atoms with Crippen LogP contribution in [0.3, 0.4) is 0 Å². The van der Waals surface area contributed by atoms with E-state index in [9.17, 15) is 14.4 Å². The maximum Gasteiger partial charge on any atom is 0.262 e. The summed E-state index contributed by atoms with van der Waals surface area (Å²) < 4.78 is 5.73. The van der Waals surface area contributed by atoms with E-state index in [1.54, 1.807) is 17.0 Å². The summed E-state index contributed by atoms with van der Waals surface area (Å²) in [5.74, 6) is -0.346. The number of hydrogen-bond acceptors (Lipinski definition) is 5. The largest absolute Gasteiger partial charge is 0.477 e. The van der Waals surface area contributed by atoms with E-state index < -0.39 is 6.10 Å². The summed E-state index contributed by atoms with van der Waals surface area (Å²) in [6.07, 6.45) is -0.717. The predicted octanol–water partition coefficient (Wildman–Crippen LogP) is 1.37. The van der Waals surface area contributed by atoms with Crippen molar-refractivity contribution in [1.82, 2.24) is 10.6 Å². The van der Waals surface area contributed by atoms with Crippen LogP contribution in [0.4, 0.5) is 11.4 Å². The number of nitrogens with one attached hydrogen (secondary N) is 3. The average molecular weight is 410 g/mol. The Balaban J connectivity index is 1.59. The summed E-state index contributed by atoms with van der Waals surface area (Å²) in [4.78, 5) is 38.5. The van der Waals surface area contributed by atoms with Gasteiger partial charge in [0.15, 0.2) is 6.10 Å². The third kappa shape index (κ3) is 4.89. The zero-order chi connectivity index (χ0) is 21.7. The number of amides is 3. The van der Waals surface area contributed by atoms with Gasteiger partial charge in [0.25, 0.3) is 5.91 Å². The first-order valence-corrected chi connectivity index (χ1v) is 9.74. The van der Waals surface area contributed by atoms with Gasteiger partial charge in [-0.05, 0) is 43.2 Å². The number of nitrogens with zero attached hydrogens (tertiary/aromatic N) is 1. The van der Waals surface area contributed by atoms with Gasteiger partial charge < -0.3 is 25.6 Å². The van der Waals surface area contributed by atoms with Gasteiger partial charge in [0.05, 0.1) is 25.3 Å². The van der Waals surface area contributed by atoms with Crippen LogP contribution in [0.2, 0.25) is 0 Å². The Morgan fingerprint density at radius 2 is 1.83 bits per heavy atom. The molecule has 0 spiro atoms. The minimum absolute atomic E-state index is 0.00458. The second-order valence-corrected chi connectivity index (χ2v) is 7.14. The lowest BCUT2D eigenvalue weighted by Gasteiger charge is -2.34. The van der Waals surface area contributed by atoms with Gasteiger partial charge in [0.2, 0.25) is 11.8 Å². The maximum atomic E-state index is 12.5. The molecule has 1 atom stereocenters. The number of para-hydroxylation sites is 2. The third-order valence-electron chi connectivity index (χ3n) is 5.06. The highest BCUT2D eigenvalue weighted by molar-refractivity contribution is 5.96. The van der Waals surface area contributed by atoms with E-state index in [1.807, 2.05) is 44.2 Å². The Morgan fingerprint density at radius 1 is 1.07 bits per heavy atom. The van der Waals surface area contributed by atoms with E-state index in [0.717, 1.165) is 22.5 Å². The van der Waals surface area contributed by atoms with Gasteiger partial charge in [0.1, 0.15) is 5.75 Å². The van der Waals surface area contributed by atoms with Crippen LogP contribution in [0.5, 0.6) is 5.75 Å². The Bertz CT molecular complexity index is 960. The molecule has 0 radical (unpaired) electrons. The van der Waals surface area contributed by atoms with E-state index in [2.05, 4.69) is 16.0 Å².